The number of allylic oxidation sites excluding steroid dienone is 2. The molecule has 32 heavy (non-hydrogen) atoms. The number of H-pyrrole nitrogens is 2. The number of amides is 2. The van der Waals surface area contributed by atoms with Gasteiger partial charge in [-0.25, -0.2) is 0 Å². The second-order valence-electron chi connectivity index (χ2n) is 6.86. The highest BCUT2D eigenvalue weighted by Crippen LogP contribution is 2.24. The fraction of sp³-hybridized carbons (Fsp3) is 0.130. The molecule has 2 aromatic carbocycles. The molecule has 0 aliphatic carbocycles. The van der Waals surface area contributed by atoms with E-state index in [-0.39, 0.29) is 11.8 Å². The zero-order valence-corrected chi connectivity index (χ0v) is 19.4. The Labute approximate surface area is 193 Å². The Hall–Kier alpha value is -3.72. The van der Waals surface area contributed by atoms with Gasteiger partial charge in [-0.3, -0.25) is 19.8 Å². The van der Waals surface area contributed by atoms with Crippen molar-refractivity contribution in [2.45, 2.75) is 20.8 Å². The number of carbonyl (C=O) groups excluding carboxylic acids is 2. The van der Waals surface area contributed by atoms with Crippen LogP contribution in [0.3, 0.4) is 0 Å². The molecule has 0 bridgehead atoms. The zero-order chi connectivity index (χ0) is 23.1. The first kappa shape index (κ1) is 23.0. The first-order valence-corrected chi connectivity index (χ1v) is 10.7. The molecule has 4 aromatic rings. The van der Waals surface area contributed by atoms with E-state index in [0.717, 1.165) is 31.8 Å². The van der Waals surface area contributed by atoms with E-state index in [1.165, 1.54) is 12.2 Å². The molecule has 0 atom stereocenters. The molecule has 2 aromatic heterocycles. The summed E-state index contributed by atoms with van der Waals surface area (Å²) in [6, 6.07) is 11.6. The van der Waals surface area contributed by atoms with E-state index in [0.29, 0.717) is 11.6 Å². The van der Waals surface area contributed by atoms with Gasteiger partial charge in [-0.2, -0.15) is 10.2 Å². The van der Waals surface area contributed by atoms with Crippen molar-refractivity contribution in [2.24, 2.45) is 0 Å². The number of nitrogens with zero attached hydrogens (tertiary/aromatic N) is 2. The number of rotatable bonds is 4. The predicted molar refractivity (Wildman–Crippen MR) is 132 cm³/mol. The minimum absolute atomic E-state index is 0.169. The highest BCUT2D eigenvalue weighted by atomic mass is 79.9. The lowest BCUT2D eigenvalue weighted by Gasteiger charge is -1.98. The number of aryl methyl sites for hydroxylation is 1. The van der Waals surface area contributed by atoms with Crippen molar-refractivity contribution in [2.75, 3.05) is 10.6 Å². The molecule has 0 saturated carbocycles. The average Bonchev–Trinajstić information content (AvgIpc) is 3.32. The van der Waals surface area contributed by atoms with Gasteiger partial charge in [-0.15, -0.1) is 0 Å². The highest BCUT2D eigenvalue weighted by molar-refractivity contribution is 9.10. The summed E-state index contributed by atoms with van der Waals surface area (Å²) in [5.74, 6) is 0.767. The summed E-state index contributed by atoms with van der Waals surface area (Å²) < 4.78 is 0.968. The molecule has 164 valence electrons. The van der Waals surface area contributed by atoms with Crippen molar-refractivity contribution in [1.29, 1.82) is 0 Å². The van der Waals surface area contributed by atoms with Gasteiger partial charge in [0.05, 0.1) is 11.0 Å². The van der Waals surface area contributed by atoms with Gasteiger partial charge >= 0.3 is 0 Å². The van der Waals surface area contributed by atoms with Gasteiger partial charge < -0.3 is 10.6 Å². The summed E-state index contributed by atoms with van der Waals surface area (Å²) >= 11 is 3.37. The number of anilines is 2. The van der Waals surface area contributed by atoms with Gasteiger partial charge in [-0.05, 0) is 63.3 Å². The van der Waals surface area contributed by atoms with Crippen molar-refractivity contribution < 1.29 is 9.59 Å². The molecule has 0 aliphatic rings. The highest BCUT2D eigenvalue weighted by Gasteiger charge is 2.08. The normalized spacial score (nSPS) is 11.1. The van der Waals surface area contributed by atoms with Gasteiger partial charge in [0.25, 0.3) is 0 Å². The Morgan fingerprint density at radius 3 is 2.06 bits per heavy atom. The number of carbonyl (C=O) groups is 2. The second kappa shape index (κ2) is 10.5. The van der Waals surface area contributed by atoms with Crippen molar-refractivity contribution in [3.05, 3.63) is 70.7 Å². The third kappa shape index (κ3) is 5.70. The van der Waals surface area contributed by atoms with Gasteiger partial charge in [0.1, 0.15) is 0 Å². The molecule has 0 spiro atoms. The maximum atomic E-state index is 11.4. The Bertz CT molecular complexity index is 1320. The van der Waals surface area contributed by atoms with Crippen LogP contribution in [-0.2, 0) is 9.59 Å². The van der Waals surface area contributed by atoms with E-state index in [2.05, 4.69) is 47.0 Å². The van der Waals surface area contributed by atoms with E-state index in [1.54, 1.807) is 26.0 Å². The molecule has 2 amide bonds. The van der Waals surface area contributed by atoms with E-state index in [4.69, 9.17) is 0 Å². The molecule has 4 N–H and O–H groups in total. The Kier molecular flexibility index (Phi) is 7.56. The lowest BCUT2D eigenvalue weighted by molar-refractivity contribution is -0.112. The van der Waals surface area contributed by atoms with Crippen LogP contribution in [-0.4, -0.2) is 32.2 Å². The van der Waals surface area contributed by atoms with Gasteiger partial charge in [0.2, 0.25) is 11.8 Å². The average molecular weight is 495 g/mol. The number of aromatic amines is 2. The van der Waals surface area contributed by atoms with Crippen molar-refractivity contribution in [3.63, 3.8) is 0 Å². The minimum Gasteiger partial charge on any atom is -0.305 e. The molecule has 0 unspecified atom stereocenters. The molecular formula is C23H23BrN6O2. The van der Waals surface area contributed by atoms with Crippen LogP contribution in [0.4, 0.5) is 11.6 Å². The first-order valence-electron chi connectivity index (χ1n) is 9.87. The number of nitrogens with one attached hydrogen (secondary N) is 4. The van der Waals surface area contributed by atoms with Crippen LogP contribution in [0.1, 0.15) is 19.4 Å². The molecule has 0 radical (unpaired) electrons. The van der Waals surface area contributed by atoms with Crippen LogP contribution < -0.4 is 10.6 Å². The Morgan fingerprint density at radius 2 is 1.44 bits per heavy atom. The van der Waals surface area contributed by atoms with Crippen LogP contribution in [0.2, 0.25) is 0 Å². The van der Waals surface area contributed by atoms with Crippen LogP contribution in [0.5, 0.6) is 0 Å². The number of aromatic nitrogens is 4. The molecule has 2 heterocycles. The number of halogens is 1. The summed E-state index contributed by atoms with van der Waals surface area (Å²) in [5.41, 5.74) is 2.93. The smallest absolute Gasteiger partial charge is 0.249 e. The maximum absolute atomic E-state index is 11.4. The van der Waals surface area contributed by atoms with Crippen LogP contribution in [0, 0.1) is 6.92 Å². The molecular weight excluding hydrogens is 472 g/mol. The molecule has 4 rings (SSSR count). The molecule has 9 heteroatoms. The zero-order valence-electron chi connectivity index (χ0n) is 17.9. The standard InChI is InChI=1S/C12H13N3O.C11H10BrN3O/c1-3-4-11(16)13-12-9-7-8(2)5-6-10(9)14-15-12;1-2-3-10(16)13-11-8-5-4-7(12)6-9(8)14-15-11/h3-7H,1-2H3,(H2,13,14,15,16);2-6H,1H3,(H2,13,14,15,16)/b4-3+;3-2+. The summed E-state index contributed by atoms with van der Waals surface area (Å²) in [5, 5.41) is 21.1. The van der Waals surface area contributed by atoms with Crippen LogP contribution in [0.25, 0.3) is 21.8 Å². The number of benzene rings is 2. The van der Waals surface area contributed by atoms with E-state index in [9.17, 15) is 9.59 Å². The van der Waals surface area contributed by atoms with Crippen molar-refractivity contribution in [3.8, 4) is 0 Å². The first-order chi connectivity index (χ1) is 15.4. The number of hydrogen-bond donors (Lipinski definition) is 4. The maximum Gasteiger partial charge on any atom is 0.249 e. The summed E-state index contributed by atoms with van der Waals surface area (Å²) in [4.78, 5) is 22.7. The lowest BCUT2D eigenvalue weighted by atomic mass is 10.2. The summed E-state index contributed by atoms with van der Waals surface area (Å²) in [6.45, 7) is 5.59. The Balaban J connectivity index is 0.000000181. The summed E-state index contributed by atoms with van der Waals surface area (Å²) in [6.07, 6.45) is 6.30. The molecule has 0 saturated heterocycles. The van der Waals surface area contributed by atoms with Crippen LogP contribution in [0.15, 0.2) is 65.2 Å². The monoisotopic (exact) mass is 494 g/mol. The van der Waals surface area contributed by atoms with Gasteiger partial charge in [0.15, 0.2) is 11.6 Å². The molecule has 8 nitrogen and oxygen atoms in total. The van der Waals surface area contributed by atoms with Gasteiger partial charge in [0, 0.05) is 15.2 Å². The van der Waals surface area contributed by atoms with E-state index in [1.807, 2.05) is 43.3 Å². The number of hydrogen-bond acceptors (Lipinski definition) is 4. The Morgan fingerprint density at radius 1 is 0.844 bits per heavy atom. The third-order valence-electron chi connectivity index (χ3n) is 4.36. The molecule has 0 aliphatic heterocycles. The summed E-state index contributed by atoms with van der Waals surface area (Å²) in [7, 11) is 0. The minimum atomic E-state index is -0.182. The lowest BCUT2D eigenvalue weighted by Crippen LogP contribution is -2.08. The van der Waals surface area contributed by atoms with E-state index >= 15 is 0 Å². The fourth-order valence-electron chi connectivity index (χ4n) is 2.93. The predicted octanol–water partition coefficient (Wildman–Crippen LogP) is 5.23. The third-order valence-corrected chi connectivity index (χ3v) is 4.86. The topological polar surface area (TPSA) is 116 Å². The quantitative estimate of drug-likeness (QED) is 0.290. The van der Waals surface area contributed by atoms with Crippen LogP contribution >= 0.6 is 15.9 Å². The molecule has 0 fully saturated rings. The SMILES string of the molecule is C/C=C/C(=O)Nc1n[nH]c2cc(Br)ccc12.C/C=C/C(=O)Nc1n[nH]c2ccc(C)cc12. The van der Waals surface area contributed by atoms with Crippen molar-refractivity contribution >= 4 is 61.2 Å². The second-order valence-corrected chi connectivity index (χ2v) is 7.78. The van der Waals surface area contributed by atoms with Crippen molar-refractivity contribution in [1.82, 2.24) is 20.4 Å². The van der Waals surface area contributed by atoms with Gasteiger partial charge in [-0.1, -0.05) is 39.7 Å². The fourth-order valence-corrected chi connectivity index (χ4v) is 3.29. The number of fused-ring (bicyclic) bond motifs is 2. The van der Waals surface area contributed by atoms with E-state index < -0.39 is 0 Å². The largest absolute Gasteiger partial charge is 0.305 e.